The van der Waals surface area contributed by atoms with E-state index in [-0.39, 0.29) is 30.0 Å². The Kier molecular flexibility index (Phi) is 8.09. The Morgan fingerprint density at radius 2 is 2.03 bits per heavy atom. The van der Waals surface area contributed by atoms with E-state index in [2.05, 4.69) is 10.5 Å². The third-order valence-corrected chi connectivity index (χ3v) is 4.97. The van der Waals surface area contributed by atoms with Gasteiger partial charge in [-0.3, -0.25) is 9.63 Å². The number of aliphatic hydroxyl groups is 1. The molecular formula is C20H19F3IN3O4. The second kappa shape index (κ2) is 10.8. The molecule has 31 heavy (non-hydrogen) atoms. The van der Waals surface area contributed by atoms with Gasteiger partial charge in [-0.25, -0.2) is 18.7 Å². The average Bonchev–Trinajstić information content (AvgIpc) is 3.56. The lowest BCUT2D eigenvalue weighted by Crippen LogP contribution is -2.26. The number of nitrogens with one attached hydrogen (secondary N) is 2. The summed E-state index contributed by atoms with van der Waals surface area (Å²) in [6.45, 7) is -0.213. The van der Waals surface area contributed by atoms with Crippen molar-refractivity contribution in [2.75, 3.05) is 25.1 Å². The van der Waals surface area contributed by atoms with Crippen LogP contribution in [0.2, 0.25) is 0 Å². The van der Waals surface area contributed by atoms with E-state index in [9.17, 15) is 18.0 Å². The Morgan fingerprint density at radius 1 is 1.26 bits per heavy atom. The molecule has 0 aliphatic heterocycles. The van der Waals surface area contributed by atoms with Crippen molar-refractivity contribution in [3.63, 3.8) is 0 Å². The monoisotopic (exact) mass is 549 g/mol. The summed E-state index contributed by atoms with van der Waals surface area (Å²) < 4.78 is 44.3. The van der Waals surface area contributed by atoms with Crippen LogP contribution in [0.15, 0.2) is 29.4 Å². The van der Waals surface area contributed by atoms with Crippen LogP contribution in [0.5, 0.6) is 0 Å². The van der Waals surface area contributed by atoms with Gasteiger partial charge in [0, 0.05) is 9.13 Å². The first-order chi connectivity index (χ1) is 14.9. The van der Waals surface area contributed by atoms with Crippen molar-refractivity contribution >= 4 is 46.1 Å². The Morgan fingerprint density at radius 3 is 2.71 bits per heavy atom. The third-order valence-electron chi connectivity index (χ3n) is 4.30. The molecule has 7 nitrogen and oxygen atoms in total. The molecule has 11 heteroatoms. The molecule has 1 aliphatic carbocycles. The van der Waals surface area contributed by atoms with Gasteiger partial charge in [0.1, 0.15) is 12.4 Å². The molecule has 3 rings (SSSR count). The second-order valence-corrected chi connectivity index (χ2v) is 7.99. The van der Waals surface area contributed by atoms with E-state index in [1.54, 1.807) is 6.07 Å². The van der Waals surface area contributed by atoms with Crippen LogP contribution < -0.4 is 10.8 Å². The quantitative estimate of drug-likeness (QED) is 0.181. The Labute approximate surface area is 189 Å². The van der Waals surface area contributed by atoms with Crippen molar-refractivity contribution in [2.45, 2.75) is 12.8 Å². The summed E-state index contributed by atoms with van der Waals surface area (Å²) in [6, 6.07) is 5.12. The molecule has 1 saturated carbocycles. The number of benzene rings is 2. The van der Waals surface area contributed by atoms with Gasteiger partial charge in [0.25, 0.3) is 5.91 Å². The van der Waals surface area contributed by atoms with Crippen molar-refractivity contribution in [3.05, 3.63) is 56.4 Å². The first kappa shape index (κ1) is 23.3. The molecule has 1 amide bonds. The lowest BCUT2D eigenvalue weighted by Gasteiger charge is -2.15. The highest BCUT2D eigenvalue weighted by Crippen LogP contribution is 2.31. The van der Waals surface area contributed by atoms with Gasteiger partial charge in [0.15, 0.2) is 11.6 Å². The normalized spacial score (nSPS) is 13.5. The molecule has 0 radical (unpaired) electrons. The number of hydrogen-bond donors (Lipinski definition) is 3. The summed E-state index contributed by atoms with van der Waals surface area (Å²) in [5.74, 6) is -3.93. The zero-order valence-corrected chi connectivity index (χ0v) is 18.3. The molecule has 0 atom stereocenters. The number of hydrogen-bond acceptors (Lipinski definition) is 6. The van der Waals surface area contributed by atoms with Crippen molar-refractivity contribution in [1.29, 1.82) is 0 Å². The number of aliphatic hydroxyl groups excluding tert-OH is 1. The highest BCUT2D eigenvalue weighted by molar-refractivity contribution is 14.1. The van der Waals surface area contributed by atoms with Crippen LogP contribution in [0.4, 0.5) is 24.5 Å². The van der Waals surface area contributed by atoms with E-state index in [1.807, 2.05) is 28.1 Å². The highest BCUT2D eigenvalue weighted by Gasteiger charge is 2.24. The van der Waals surface area contributed by atoms with E-state index < -0.39 is 29.0 Å². The standard InChI is InChI=1S/C20H19F3IN3O4/c21-15-8-13(24)3-4-16(15)26-19-14(20(29)27-30-6-5-28)7-12(17(22)18(19)23)9-25-31-10-11-1-2-11/h3-4,7-9,11,26,28H,1-2,5-6,10H2,(H,27,29). The van der Waals surface area contributed by atoms with E-state index in [0.717, 1.165) is 25.1 Å². The molecule has 0 saturated heterocycles. The fraction of sp³-hybridized carbons (Fsp3) is 0.300. The minimum atomic E-state index is -1.41. The predicted molar refractivity (Wildman–Crippen MR) is 116 cm³/mol. The van der Waals surface area contributed by atoms with Gasteiger partial charge in [0.2, 0.25) is 0 Å². The van der Waals surface area contributed by atoms with E-state index in [0.29, 0.717) is 16.1 Å². The van der Waals surface area contributed by atoms with Gasteiger partial charge in [-0.2, -0.15) is 0 Å². The average molecular weight is 549 g/mol. The molecule has 0 bridgehead atoms. The fourth-order valence-corrected chi connectivity index (χ4v) is 2.96. The van der Waals surface area contributed by atoms with Crippen LogP contribution >= 0.6 is 22.6 Å². The van der Waals surface area contributed by atoms with Crippen molar-refractivity contribution in [2.24, 2.45) is 11.1 Å². The minimum Gasteiger partial charge on any atom is -0.396 e. The molecule has 0 heterocycles. The summed E-state index contributed by atoms with van der Waals surface area (Å²) in [6.07, 6.45) is 3.03. The Bertz CT molecular complexity index is 987. The van der Waals surface area contributed by atoms with E-state index in [4.69, 9.17) is 14.8 Å². The Hall–Kier alpha value is -2.38. The number of hydroxylamine groups is 1. The summed E-state index contributed by atoms with van der Waals surface area (Å²) >= 11 is 1.90. The first-order valence-corrected chi connectivity index (χ1v) is 10.4. The third kappa shape index (κ3) is 6.31. The molecule has 2 aromatic carbocycles. The molecule has 0 aromatic heterocycles. The number of halogens is 4. The van der Waals surface area contributed by atoms with Gasteiger partial charge in [0.05, 0.1) is 36.4 Å². The van der Waals surface area contributed by atoms with Gasteiger partial charge in [-0.15, -0.1) is 0 Å². The van der Waals surface area contributed by atoms with Gasteiger partial charge in [-0.1, -0.05) is 5.16 Å². The van der Waals surface area contributed by atoms with Crippen molar-refractivity contribution < 1.29 is 32.7 Å². The van der Waals surface area contributed by atoms with Gasteiger partial charge >= 0.3 is 0 Å². The summed E-state index contributed by atoms with van der Waals surface area (Å²) in [4.78, 5) is 22.3. The molecule has 166 valence electrons. The van der Waals surface area contributed by atoms with Gasteiger partial charge < -0.3 is 15.3 Å². The predicted octanol–water partition coefficient (Wildman–Crippen LogP) is 3.87. The molecule has 3 N–H and O–H groups in total. The second-order valence-electron chi connectivity index (χ2n) is 6.74. The molecule has 0 unspecified atom stereocenters. The molecule has 0 spiro atoms. The smallest absolute Gasteiger partial charge is 0.277 e. The molecule has 1 fully saturated rings. The molecule has 2 aromatic rings. The Balaban J connectivity index is 1.93. The van der Waals surface area contributed by atoms with Crippen LogP contribution in [-0.4, -0.2) is 37.0 Å². The van der Waals surface area contributed by atoms with Crippen LogP contribution in [0.3, 0.4) is 0 Å². The maximum atomic E-state index is 14.9. The number of amides is 1. The van der Waals surface area contributed by atoms with Gasteiger partial charge in [-0.05, 0) is 65.6 Å². The van der Waals surface area contributed by atoms with Crippen LogP contribution in [0.25, 0.3) is 0 Å². The highest BCUT2D eigenvalue weighted by atomic mass is 127. The van der Waals surface area contributed by atoms with Crippen LogP contribution in [0.1, 0.15) is 28.8 Å². The van der Waals surface area contributed by atoms with E-state index >= 15 is 0 Å². The lowest BCUT2D eigenvalue weighted by molar-refractivity contribution is 0.0168. The largest absolute Gasteiger partial charge is 0.396 e. The van der Waals surface area contributed by atoms with Crippen LogP contribution in [-0.2, 0) is 9.68 Å². The lowest BCUT2D eigenvalue weighted by atomic mass is 10.1. The SMILES string of the molecule is O=C(NOCCO)c1cc(C=NOCC2CC2)c(F)c(F)c1Nc1ccc(I)cc1F. The number of oxime groups is 1. The summed E-state index contributed by atoms with van der Waals surface area (Å²) in [5.41, 5.74) is 0.575. The summed E-state index contributed by atoms with van der Waals surface area (Å²) in [7, 11) is 0. The number of nitrogens with zero attached hydrogens (tertiary/aromatic N) is 1. The maximum absolute atomic E-state index is 14.9. The number of carbonyl (C=O) groups is 1. The fourth-order valence-electron chi connectivity index (χ4n) is 2.51. The number of anilines is 2. The zero-order chi connectivity index (χ0) is 22.4. The number of carbonyl (C=O) groups excluding carboxylic acids is 1. The number of rotatable bonds is 10. The van der Waals surface area contributed by atoms with Crippen molar-refractivity contribution in [3.8, 4) is 0 Å². The van der Waals surface area contributed by atoms with Crippen LogP contribution in [0, 0.1) is 26.9 Å². The zero-order valence-electron chi connectivity index (χ0n) is 16.1. The molecule has 1 aliphatic rings. The van der Waals surface area contributed by atoms with E-state index in [1.165, 1.54) is 12.1 Å². The topological polar surface area (TPSA) is 92.2 Å². The first-order valence-electron chi connectivity index (χ1n) is 9.33. The maximum Gasteiger partial charge on any atom is 0.277 e. The van der Waals surface area contributed by atoms with Crippen molar-refractivity contribution in [1.82, 2.24) is 5.48 Å². The minimum absolute atomic E-state index is 0.154. The summed E-state index contributed by atoms with van der Waals surface area (Å²) in [5, 5.41) is 14.8. The molecular weight excluding hydrogens is 530 g/mol.